The summed E-state index contributed by atoms with van der Waals surface area (Å²) < 4.78 is 9.83. The van der Waals surface area contributed by atoms with Crippen molar-refractivity contribution in [3.05, 3.63) is 29.3 Å². The van der Waals surface area contributed by atoms with Gasteiger partial charge in [0.2, 0.25) is 0 Å². The fourth-order valence-corrected chi connectivity index (χ4v) is 1.73. The lowest BCUT2D eigenvalue weighted by molar-refractivity contribution is -0.147. The molecular weight excluding hydrogens is 336 g/mol. The highest BCUT2D eigenvalue weighted by Crippen LogP contribution is 2.20. The van der Waals surface area contributed by atoms with Crippen LogP contribution >= 0.6 is 11.6 Å². The van der Waals surface area contributed by atoms with Crippen LogP contribution < -0.4 is 10.6 Å². The van der Waals surface area contributed by atoms with Gasteiger partial charge in [-0.3, -0.25) is 9.59 Å². The number of hydrogen-bond acceptors (Lipinski definition) is 5. The third kappa shape index (κ3) is 8.38. The van der Waals surface area contributed by atoms with E-state index in [4.69, 9.17) is 21.1 Å². The number of alkyl carbamates (subject to hydrolysis) is 1. The first-order valence-electron chi connectivity index (χ1n) is 7.34. The summed E-state index contributed by atoms with van der Waals surface area (Å²) in [5, 5.41) is 5.34. The van der Waals surface area contributed by atoms with E-state index in [1.807, 2.05) is 0 Å². The topological polar surface area (TPSA) is 93.7 Å². The molecule has 0 radical (unpaired) electrons. The fourth-order valence-electron chi connectivity index (χ4n) is 1.55. The third-order valence-electron chi connectivity index (χ3n) is 2.51. The van der Waals surface area contributed by atoms with Crippen LogP contribution in [0.2, 0.25) is 5.02 Å². The third-order valence-corrected chi connectivity index (χ3v) is 2.84. The molecule has 8 heteroatoms. The van der Waals surface area contributed by atoms with Gasteiger partial charge in [-0.05, 0) is 32.9 Å². The van der Waals surface area contributed by atoms with Gasteiger partial charge in [0.15, 0.2) is 6.61 Å². The monoisotopic (exact) mass is 356 g/mol. The Morgan fingerprint density at radius 3 is 2.46 bits per heavy atom. The minimum Gasteiger partial charge on any atom is -0.456 e. The molecule has 0 atom stereocenters. The van der Waals surface area contributed by atoms with Gasteiger partial charge in [-0.25, -0.2) is 4.79 Å². The zero-order chi connectivity index (χ0) is 18.2. The van der Waals surface area contributed by atoms with E-state index in [9.17, 15) is 14.4 Å². The summed E-state index contributed by atoms with van der Waals surface area (Å²) in [5.41, 5.74) is -0.173. The predicted octanol–water partition coefficient (Wildman–Crippen LogP) is 2.74. The molecule has 0 fully saturated rings. The van der Waals surface area contributed by atoms with Gasteiger partial charge < -0.3 is 20.1 Å². The smallest absolute Gasteiger partial charge is 0.407 e. The van der Waals surface area contributed by atoms with Crippen molar-refractivity contribution in [2.75, 3.05) is 18.5 Å². The van der Waals surface area contributed by atoms with Gasteiger partial charge in [-0.15, -0.1) is 0 Å². The minimum atomic E-state index is -0.619. The number of rotatable bonds is 6. The zero-order valence-corrected chi connectivity index (χ0v) is 14.6. The summed E-state index contributed by atoms with van der Waals surface area (Å²) in [7, 11) is 0. The second-order valence-corrected chi connectivity index (χ2v) is 6.27. The second kappa shape index (κ2) is 9.12. The van der Waals surface area contributed by atoms with Crippen molar-refractivity contribution in [1.29, 1.82) is 0 Å². The Morgan fingerprint density at radius 1 is 1.17 bits per heavy atom. The van der Waals surface area contributed by atoms with Crippen LogP contribution in [0.1, 0.15) is 27.2 Å². The van der Waals surface area contributed by atoms with Crippen molar-refractivity contribution >= 4 is 35.3 Å². The van der Waals surface area contributed by atoms with Gasteiger partial charge in [0.05, 0.1) is 17.1 Å². The Morgan fingerprint density at radius 2 is 1.83 bits per heavy atom. The number of anilines is 1. The van der Waals surface area contributed by atoms with Gasteiger partial charge in [0.25, 0.3) is 5.91 Å². The first-order valence-corrected chi connectivity index (χ1v) is 7.72. The Hall–Kier alpha value is -2.28. The number of nitrogens with one attached hydrogen (secondary N) is 2. The summed E-state index contributed by atoms with van der Waals surface area (Å²) in [6.45, 7) is 4.83. The maximum atomic E-state index is 11.7. The Kier molecular flexibility index (Phi) is 7.51. The second-order valence-electron chi connectivity index (χ2n) is 5.87. The zero-order valence-electron chi connectivity index (χ0n) is 13.8. The first-order chi connectivity index (χ1) is 11.2. The number of benzene rings is 1. The molecule has 0 saturated heterocycles. The van der Waals surface area contributed by atoms with Gasteiger partial charge in [-0.1, -0.05) is 23.7 Å². The first kappa shape index (κ1) is 19.8. The molecule has 2 N–H and O–H groups in total. The van der Waals surface area contributed by atoms with Crippen LogP contribution in [0, 0.1) is 0 Å². The van der Waals surface area contributed by atoms with Gasteiger partial charge in [0.1, 0.15) is 5.60 Å². The van der Waals surface area contributed by atoms with Crippen LogP contribution in [0.25, 0.3) is 0 Å². The molecule has 0 unspecified atom stereocenters. The molecule has 0 bridgehead atoms. The molecule has 0 saturated carbocycles. The van der Waals surface area contributed by atoms with Crippen LogP contribution in [0.3, 0.4) is 0 Å². The normalized spacial score (nSPS) is 10.7. The lowest BCUT2D eigenvalue weighted by atomic mass is 10.2. The van der Waals surface area contributed by atoms with E-state index < -0.39 is 30.2 Å². The molecule has 0 aliphatic heterocycles. The van der Waals surface area contributed by atoms with Crippen molar-refractivity contribution in [1.82, 2.24) is 5.32 Å². The largest absolute Gasteiger partial charge is 0.456 e. The molecule has 7 nitrogen and oxygen atoms in total. The molecule has 0 spiro atoms. The highest BCUT2D eigenvalue weighted by Gasteiger charge is 2.16. The summed E-state index contributed by atoms with van der Waals surface area (Å²) >= 11 is 5.90. The molecule has 0 aromatic heterocycles. The summed E-state index contributed by atoms with van der Waals surface area (Å²) in [4.78, 5) is 34.6. The lowest BCUT2D eigenvalue weighted by Crippen LogP contribution is -2.34. The fraction of sp³-hybridized carbons (Fsp3) is 0.438. The number of ether oxygens (including phenoxy) is 2. The molecule has 0 aliphatic carbocycles. The van der Waals surface area contributed by atoms with Crippen LogP contribution in [0.4, 0.5) is 10.5 Å². The summed E-state index contributed by atoms with van der Waals surface area (Å²) in [5.74, 6) is -1.11. The number of halogens is 1. The van der Waals surface area contributed by atoms with E-state index in [1.165, 1.54) is 0 Å². The van der Waals surface area contributed by atoms with E-state index >= 15 is 0 Å². The van der Waals surface area contributed by atoms with E-state index in [0.717, 1.165) is 0 Å². The van der Waals surface area contributed by atoms with Crippen LogP contribution in [0.15, 0.2) is 24.3 Å². The average molecular weight is 357 g/mol. The summed E-state index contributed by atoms with van der Waals surface area (Å²) in [6, 6.07) is 6.71. The molecule has 1 aromatic rings. The number of esters is 1. The number of hydrogen-bond donors (Lipinski definition) is 2. The highest BCUT2D eigenvalue weighted by atomic mass is 35.5. The van der Waals surface area contributed by atoms with E-state index in [1.54, 1.807) is 45.0 Å². The Labute approximate surface area is 145 Å². The molecule has 0 aliphatic rings. The van der Waals surface area contributed by atoms with Gasteiger partial charge >= 0.3 is 12.1 Å². The Balaban J connectivity index is 2.23. The van der Waals surface area contributed by atoms with Gasteiger partial charge in [0, 0.05) is 6.54 Å². The van der Waals surface area contributed by atoms with Crippen LogP contribution in [0.5, 0.6) is 0 Å². The van der Waals surface area contributed by atoms with Crippen molar-refractivity contribution < 1.29 is 23.9 Å². The molecular formula is C16H21ClN2O5. The molecule has 1 aromatic carbocycles. The van der Waals surface area contributed by atoms with Crippen molar-refractivity contribution in [2.45, 2.75) is 32.8 Å². The van der Waals surface area contributed by atoms with Gasteiger partial charge in [-0.2, -0.15) is 0 Å². The molecule has 0 heterocycles. The van der Waals surface area contributed by atoms with Crippen LogP contribution in [-0.4, -0.2) is 36.7 Å². The Bertz CT molecular complexity index is 598. The standard InChI is InChI=1S/C16H21ClN2O5/c1-16(2,3)24-15(22)18-9-8-14(21)23-10-13(20)19-12-7-5-4-6-11(12)17/h4-7H,8-10H2,1-3H3,(H,18,22)(H,19,20). The SMILES string of the molecule is CC(C)(C)OC(=O)NCCC(=O)OCC(=O)Nc1ccccc1Cl. The van der Waals surface area contributed by atoms with E-state index in [0.29, 0.717) is 10.7 Å². The average Bonchev–Trinajstić information content (AvgIpc) is 2.45. The predicted molar refractivity (Wildman–Crippen MR) is 89.9 cm³/mol. The number of para-hydroxylation sites is 1. The minimum absolute atomic E-state index is 0.0554. The van der Waals surface area contributed by atoms with Crippen molar-refractivity contribution in [2.24, 2.45) is 0 Å². The summed E-state index contributed by atoms with van der Waals surface area (Å²) in [6.07, 6.45) is -0.690. The molecule has 1 rings (SSSR count). The number of carbonyl (C=O) groups is 3. The number of amides is 2. The van der Waals surface area contributed by atoms with E-state index in [-0.39, 0.29) is 13.0 Å². The van der Waals surface area contributed by atoms with Crippen molar-refractivity contribution in [3.8, 4) is 0 Å². The maximum absolute atomic E-state index is 11.7. The molecule has 24 heavy (non-hydrogen) atoms. The molecule has 132 valence electrons. The van der Waals surface area contributed by atoms with Crippen molar-refractivity contribution in [3.63, 3.8) is 0 Å². The molecule has 2 amide bonds. The van der Waals surface area contributed by atoms with E-state index in [2.05, 4.69) is 10.6 Å². The maximum Gasteiger partial charge on any atom is 0.407 e. The lowest BCUT2D eigenvalue weighted by Gasteiger charge is -2.19. The number of carbonyl (C=O) groups excluding carboxylic acids is 3. The quantitative estimate of drug-likeness (QED) is 0.764. The highest BCUT2D eigenvalue weighted by molar-refractivity contribution is 6.33. The van der Waals surface area contributed by atoms with Crippen LogP contribution in [-0.2, 0) is 19.1 Å².